The molecular formula is C18H18N2O3S2. The van der Waals surface area contributed by atoms with E-state index in [-0.39, 0.29) is 18.3 Å². The zero-order valence-electron chi connectivity index (χ0n) is 13.8. The van der Waals surface area contributed by atoms with Gasteiger partial charge < -0.3 is 9.84 Å². The number of hydrogen-bond donors (Lipinski definition) is 1. The summed E-state index contributed by atoms with van der Waals surface area (Å²) < 4.78 is 7.14. The first-order valence-corrected chi connectivity index (χ1v) is 9.26. The molecule has 1 aromatic heterocycles. The Morgan fingerprint density at radius 2 is 2.24 bits per heavy atom. The monoisotopic (exact) mass is 374 g/mol. The maximum atomic E-state index is 11.6. The van der Waals surface area contributed by atoms with Gasteiger partial charge in [0.15, 0.2) is 3.95 Å². The summed E-state index contributed by atoms with van der Waals surface area (Å²) in [7, 11) is 0. The summed E-state index contributed by atoms with van der Waals surface area (Å²) >= 11 is 6.63. The van der Waals surface area contributed by atoms with Crippen molar-refractivity contribution < 1.29 is 14.6 Å². The summed E-state index contributed by atoms with van der Waals surface area (Å²) in [5, 5.41) is 10.5. The van der Waals surface area contributed by atoms with Crippen LogP contribution in [0.1, 0.15) is 30.2 Å². The van der Waals surface area contributed by atoms with E-state index in [9.17, 15) is 9.90 Å². The topological polar surface area (TPSA) is 63.8 Å². The van der Waals surface area contributed by atoms with Crippen LogP contribution >= 0.6 is 23.6 Å². The number of allylic oxidation sites excluding steroid dienone is 1. The maximum absolute atomic E-state index is 11.6. The molecule has 25 heavy (non-hydrogen) atoms. The second-order valence-corrected chi connectivity index (χ2v) is 7.23. The number of aromatic nitrogens is 1. The number of carbonyl (C=O) groups is 1. The number of fused-ring (bicyclic) bond motifs is 1. The lowest BCUT2D eigenvalue weighted by molar-refractivity contribution is -0.143. The van der Waals surface area contributed by atoms with Gasteiger partial charge in [0.2, 0.25) is 5.88 Å². The van der Waals surface area contributed by atoms with Gasteiger partial charge in [-0.3, -0.25) is 14.4 Å². The summed E-state index contributed by atoms with van der Waals surface area (Å²) in [5.41, 5.74) is 2.86. The van der Waals surface area contributed by atoms with Crippen LogP contribution in [0.2, 0.25) is 0 Å². The van der Waals surface area contributed by atoms with Gasteiger partial charge in [0.25, 0.3) is 0 Å². The lowest BCUT2D eigenvalue weighted by atomic mass is 10.1. The molecule has 3 rings (SSSR count). The number of esters is 1. The molecule has 2 aromatic rings. The van der Waals surface area contributed by atoms with Crippen LogP contribution in [0, 0.1) is 3.95 Å². The van der Waals surface area contributed by atoms with Crippen molar-refractivity contribution in [2.75, 3.05) is 6.61 Å². The van der Waals surface area contributed by atoms with Crippen LogP contribution in [0.5, 0.6) is 5.88 Å². The predicted molar refractivity (Wildman–Crippen MR) is 103 cm³/mol. The Morgan fingerprint density at radius 1 is 1.44 bits per heavy atom. The molecule has 0 fully saturated rings. The molecule has 130 valence electrons. The zero-order valence-corrected chi connectivity index (χ0v) is 15.4. The highest BCUT2D eigenvalue weighted by Gasteiger charge is 2.16. The molecule has 5 nitrogen and oxygen atoms in total. The number of benzene rings is 1. The summed E-state index contributed by atoms with van der Waals surface area (Å²) in [5.74, 6) is -0.213. The third-order valence-electron chi connectivity index (χ3n) is 3.74. The highest BCUT2D eigenvalue weighted by atomic mass is 32.1. The fourth-order valence-corrected chi connectivity index (χ4v) is 3.80. The first kappa shape index (κ1) is 17.6. The van der Waals surface area contributed by atoms with Crippen molar-refractivity contribution in [3.63, 3.8) is 0 Å². The number of aliphatic imine (C=N–C) groups is 1. The zero-order chi connectivity index (χ0) is 17.8. The average Bonchev–Trinajstić information content (AvgIpc) is 3.13. The van der Waals surface area contributed by atoms with Crippen LogP contribution in [0.15, 0.2) is 29.3 Å². The fraction of sp³-hybridized carbons (Fsp3) is 0.278. The van der Waals surface area contributed by atoms with E-state index in [1.54, 1.807) is 10.8 Å². The summed E-state index contributed by atoms with van der Waals surface area (Å²) in [6, 6.07) is 7.83. The smallest absolute Gasteiger partial charge is 0.307 e. The van der Waals surface area contributed by atoms with E-state index in [1.807, 2.05) is 37.3 Å². The third-order valence-corrected chi connectivity index (χ3v) is 5.13. The normalized spacial score (nSPS) is 14.0. The Labute approximate surface area is 154 Å². The van der Waals surface area contributed by atoms with Crippen molar-refractivity contribution in [2.24, 2.45) is 4.99 Å². The van der Waals surface area contributed by atoms with Gasteiger partial charge in [0.05, 0.1) is 23.6 Å². The Morgan fingerprint density at radius 3 is 3.04 bits per heavy atom. The van der Waals surface area contributed by atoms with Crippen molar-refractivity contribution in [2.45, 2.75) is 26.3 Å². The molecule has 0 saturated carbocycles. The minimum absolute atomic E-state index is 0.0728. The van der Waals surface area contributed by atoms with Gasteiger partial charge in [-0.2, -0.15) is 0 Å². The largest absolute Gasteiger partial charge is 0.493 e. The molecular weight excluding hydrogens is 356 g/mol. The molecule has 1 aromatic carbocycles. The number of rotatable bonds is 6. The number of aromatic hydroxyl groups is 1. The lowest BCUT2D eigenvalue weighted by Gasteiger charge is -2.05. The maximum Gasteiger partial charge on any atom is 0.307 e. The molecule has 1 aliphatic heterocycles. The van der Waals surface area contributed by atoms with E-state index in [4.69, 9.17) is 17.0 Å². The van der Waals surface area contributed by atoms with Crippen molar-refractivity contribution in [1.29, 1.82) is 0 Å². The van der Waals surface area contributed by atoms with Gasteiger partial charge >= 0.3 is 5.97 Å². The minimum Gasteiger partial charge on any atom is -0.493 e. The Hall–Kier alpha value is -2.25. The second kappa shape index (κ2) is 7.76. The van der Waals surface area contributed by atoms with E-state index in [0.717, 1.165) is 23.2 Å². The molecule has 0 amide bonds. The van der Waals surface area contributed by atoms with Crippen molar-refractivity contribution in [3.05, 3.63) is 38.7 Å². The van der Waals surface area contributed by atoms with Gasteiger partial charge in [-0.15, -0.1) is 11.3 Å². The first-order valence-electron chi connectivity index (χ1n) is 8.03. The van der Waals surface area contributed by atoms with E-state index in [0.29, 0.717) is 22.0 Å². The highest BCUT2D eigenvalue weighted by molar-refractivity contribution is 7.73. The second-order valence-electron chi connectivity index (χ2n) is 5.55. The fourth-order valence-electron chi connectivity index (χ4n) is 2.49. The van der Waals surface area contributed by atoms with Crippen LogP contribution in [-0.2, 0) is 16.1 Å². The molecule has 0 radical (unpaired) electrons. The number of para-hydroxylation sites is 1. The van der Waals surface area contributed by atoms with Crippen LogP contribution in [0.3, 0.4) is 0 Å². The lowest BCUT2D eigenvalue weighted by Crippen LogP contribution is -2.09. The third kappa shape index (κ3) is 3.88. The molecule has 0 atom stereocenters. The minimum atomic E-state index is -0.286. The summed E-state index contributed by atoms with van der Waals surface area (Å²) in [6.45, 7) is 2.66. The van der Waals surface area contributed by atoms with Crippen molar-refractivity contribution in [1.82, 2.24) is 4.57 Å². The van der Waals surface area contributed by atoms with Crippen LogP contribution in [-0.4, -0.2) is 28.5 Å². The summed E-state index contributed by atoms with van der Waals surface area (Å²) in [6.07, 6.45) is 4.62. The van der Waals surface area contributed by atoms with Gasteiger partial charge in [-0.25, -0.2) is 0 Å². The number of nitrogens with zero attached hydrogens (tertiary/aromatic N) is 2. The summed E-state index contributed by atoms with van der Waals surface area (Å²) in [4.78, 5) is 16.7. The molecule has 0 unspecified atom stereocenters. The molecule has 7 heteroatoms. The van der Waals surface area contributed by atoms with Gasteiger partial charge in [-0.1, -0.05) is 25.1 Å². The van der Waals surface area contributed by atoms with E-state index >= 15 is 0 Å². The molecule has 0 spiro atoms. The van der Waals surface area contributed by atoms with Crippen molar-refractivity contribution >= 4 is 53.1 Å². The predicted octanol–water partition coefficient (Wildman–Crippen LogP) is 4.58. The molecule has 2 heterocycles. The van der Waals surface area contributed by atoms with Crippen LogP contribution in [0.4, 0.5) is 5.69 Å². The number of carbonyl (C=O) groups excluding carboxylic acids is 1. The molecule has 0 aliphatic carbocycles. The average molecular weight is 374 g/mol. The quantitative estimate of drug-likeness (QED) is 0.593. The highest BCUT2D eigenvalue weighted by Crippen LogP contribution is 2.35. The number of ether oxygens (including phenoxy) is 1. The SMILES string of the molecule is CCCOC(=O)CCn1c(O)c(/C=C2\C=Nc3ccccc32)sc1=S. The van der Waals surface area contributed by atoms with Crippen LogP contribution in [0.25, 0.3) is 11.6 Å². The number of thiazole rings is 1. The Bertz CT molecular complexity index is 909. The van der Waals surface area contributed by atoms with Crippen molar-refractivity contribution in [3.8, 4) is 5.88 Å². The standard InChI is InChI=1S/C18H18N2O3S2/c1-2-9-23-16(21)7-8-20-17(22)15(25-18(20)24)10-12-11-19-14-6-4-3-5-13(12)14/h3-6,10-11,22H,2,7-9H2,1H3/b12-10+. The Balaban J connectivity index is 1.79. The molecule has 0 bridgehead atoms. The van der Waals surface area contributed by atoms with E-state index in [2.05, 4.69) is 4.99 Å². The van der Waals surface area contributed by atoms with E-state index in [1.165, 1.54) is 11.3 Å². The first-order chi connectivity index (χ1) is 12.1. The van der Waals surface area contributed by atoms with Gasteiger partial charge in [0, 0.05) is 23.9 Å². The van der Waals surface area contributed by atoms with Gasteiger partial charge in [0.1, 0.15) is 0 Å². The molecule has 1 N–H and O–H groups in total. The van der Waals surface area contributed by atoms with E-state index < -0.39 is 0 Å². The molecule has 0 saturated heterocycles. The van der Waals surface area contributed by atoms with Crippen LogP contribution < -0.4 is 0 Å². The van der Waals surface area contributed by atoms with Gasteiger partial charge in [-0.05, 0) is 30.8 Å². The number of hydrogen-bond acceptors (Lipinski definition) is 6. The molecule has 1 aliphatic rings. The Kier molecular flexibility index (Phi) is 5.45.